The lowest BCUT2D eigenvalue weighted by Crippen LogP contribution is -2.24. The molecule has 2 N–H and O–H groups in total. The van der Waals surface area contributed by atoms with Crippen molar-refractivity contribution in [1.82, 2.24) is 10.6 Å². The van der Waals surface area contributed by atoms with Crippen molar-refractivity contribution in [1.29, 1.82) is 0 Å². The third-order valence-corrected chi connectivity index (χ3v) is 2.10. The maximum Gasteiger partial charge on any atom is 0.216 e. The molecule has 0 aromatic carbocycles. The van der Waals surface area contributed by atoms with Gasteiger partial charge in [-0.2, -0.15) is 0 Å². The Balaban J connectivity index is 3.24. The fourth-order valence-corrected chi connectivity index (χ4v) is 1.22. The number of rotatable bonds is 10. The lowest BCUT2D eigenvalue weighted by atomic mass is 10.4. The predicted octanol–water partition coefficient (Wildman–Crippen LogP) is 0.418. The smallest absolute Gasteiger partial charge is 0.216 e. The van der Waals surface area contributed by atoms with Crippen LogP contribution in [0, 0.1) is 0 Å². The van der Waals surface area contributed by atoms with Gasteiger partial charge in [0.05, 0.1) is 13.2 Å². The second kappa shape index (κ2) is 11.0. The van der Waals surface area contributed by atoms with Crippen LogP contribution in [0.1, 0.15) is 33.6 Å². The summed E-state index contributed by atoms with van der Waals surface area (Å²) in [6.07, 6.45) is 1.26. The lowest BCUT2D eigenvalue weighted by Gasteiger charge is -2.14. The number of carbonyl (C=O) groups is 2. The largest absolute Gasteiger partial charge is 0.356 e. The molecule has 0 atom stereocenters. The van der Waals surface area contributed by atoms with Crippen molar-refractivity contribution in [3.63, 3.8) is 0 Å². The normalized spacial score (nSPS) is 10.4. The quantitative estimate of drug-likeness (QED) is 0.441. The Morgan fingerprint density at radius 1 is 0.944 bits per heavy atom. The Kier molecular flexibility index (Phi) is 10.3. The van der Waals surface area contributed by atoms with E-state index in [0.29, 0.717) is 26.3 Å². The number of ether oxygens (including phenoxy) is 2. The number of carbonyl (C=O) groups excluding carboxylic acids is 2. The van der Waals surface area contributed by atoms with Crippen molar-refractivity contribution in [3.05, 3.63) is 0 Å². The van der Waals surface area contributed by atoms with Crippen molar-refractivity contribution >= 4 is 11.8 Å². The van der Waals surface area contributed by atoms with Crippen molar-refractivity contribution in [3.8, 4) is 0 Å². The molecular formula is C12H24N2O4. The van der Waals surface area contributed by atoms with Crippen LogP contribution in [-0.4, -0.2) is 44.4 Å². The second-order valence-corrected chi connectivity index (χ2v) is 3.98. The topological polar surface area (TPSA) is 76.7 Å². The van der Waals surface area contributed by atoms with Gasteiger partial charge in [0.25, 0.3) is 0 Å². The minimum Gasteiger partial charge on any atom is -0.356 e. The van der Waals surface area contributed by atoms with Crippen molar-refractivity contribution in [2.24, 2.45) is 0 Å². The van der Waals surface area contributed by atoms with Gasteiger partial charge in [-0.3, -0.25) is 9.59 Å². The van der Waals surface area contributed by atoms with Crippen LogP contribution in [0.25, 0.3) is 0 Å². The van der Waals surface area contributed by atoms with Crippen LogP contribution in [0.15, 0.2) is 0 Å². The molecular weight excluding hydrogens is 236 g/mol. The summed E-state index contributed by atoms with van der Waals surface area (Å²) in [7, 11) is 0. The van der Waals surface area contributed by atoms with Gasteiger partial charge in [0.2, 0.25) is 11.8 Å². The van der Waals surface area contributed by atoms with Gasteiger partial charge in [-0.05, 0) is 19.8 Å². The molecule has 0 aromatic heterocycles. The first-order chi connectivity index (χ1) is 8.52. The summed E-state index contributed by atoms with van der Waals surface area (Å²) in [5.74, 6) is -0.0606. The highest BCUT2D eigenvalue weighted by molar-refractivity contribution is 5.72. The van der Waals surface area contributed by atoms with E-state index in [1.54, 1.807) is 0 Å². The van der Waals surface area contributed by atoms with E-state index >= 15 is 0 Å². The molecule has 0 aromatic rings. The Hall–Kier alpha value is -1.14. The summed E-state index contributed by atoms with van der Waals surface area (Å²) in [6, 6.07) is 0. The molecule has 0 fully saturated rings. The van der Waals surface area contributed by atoms with E-state index in [-0.39, 0.29) is 18.1 Å². The summed E-state index contributed by atoms with van der Waals surface area (Å²) < 4.78 is 10.8. The van der Waals surface area contributed by atoms with Gasteiger partial charge < -0.3 is 20.1 Å². The van der Waals surface area contributed by atoms with E-state index in [9.17, 15) is 9.59 Å². The van der Waals surface area contributed by atoms with Gasteiger partial charge in [0.1, 0.15) is 0 Å². The van der Waals surface area contributed by atoms with Crippen LogP contribution < -0.4 is 10.6 Å². The lowest BCUT2D eigenvalue weighted by molar-refractivity contribution is -0.131. The van der Waals surface area contributed by atoms with Crippen LogP contribution in [0.5, 0.6) is 0 Å². The highest BCUT2D eigenvalue weighted by Gasteiger charge is 2.01. The second-order valence-electron chi connectivity index (χ2n) is 3.98. The number of hydrogen-bond donors (Lipinski definition) is 2. The van der Waals surface area contributed by atoms with E-state index in [2.05, 4.69) is 10.6 Å². The molecule has 18 heavy (non-hydrogen) atoms. The van der Waals surface area contributed by atoms with E-state index < -0.39 is 0 Å². The molecule has 0 spiro atoms. The monoisotopic (exact) mass is 260 g/mol. The molecule has 0 aliphatic heterocycles. The standard InChI is InChI=1S/C12H24N2O4/c1-10(15)13-6-4-8-17-12(3)18-9-5-7-14-11(2)16/h12H,4-9H2,1-3H3,(H,13,15)(H,14,16). The van der Waals surface area contributed by atoms with Gasteiger partial charge in [-0.1, -0.05) is 0 Å². The zero-order valence-electron chi connectivity index (χ0n) is 11.5. The molecule has 0 bridgehead atoms. The fraction of sp³-hybridized carbons (Fsp3) is 0.833. The molecule has 0 heterocycles. The summed E-state index contributed by atoms with van der Waals surface area (Å²) in [6.45, 7) is 7.13. The maximum absolute atomic E-state index is 10.6. The Morgan fingerprint density at radius 3 is 1.67 bits per heavy atom. The zero-order valence-corrected chi connectivity index (χ0v) is 11.5. The van der Waals surface area contributed by atoms with Gasteiger partial charge in [0, 0.05) is 26.9 Å². The van der Waals surface area contributed by atoms with Crippen LogP contribution >= 0.6 is 0 Å². The highest BCUT2D eigenvalue weighted by Crippen LogP contribution is 1.95. The van der Waals surface area contributed by atoms with Crippen molar-refractivity contribution in [2.45, 2.75) is 39.9 Å². The SMILES string of the molecule is CC(=O)NCCCOC(C)OCCCNC(C)=O. The first-order valence-corrected chi connectivity index (χ1v) is 6.24. The first-order valence-electron chi connectivity index (χ1n) is 6.24. The summed E-state index contributed by atoms with van der Waals surface area (Å²) in [4.78, 5) is 21.2. The van der Waals surface area contributed by atoms with Gasteiger partial charge in [-0.25, -0.2) is 0 Å². The summed E-state index contributed by atoms with van der Waals surface area (Å²) in [5.41, 5.74) is 0. The fourth-order valence-electron chi connectivity index (χ4n) is 1.22. The number of nitrogens with one attached hydrogen (secondary N) is 2. The van der Waals surface area contributed by atoms with Crippen LogP contribution in [0.2, 0.25) is 0 Å². The van der Waals surface area contributed by atoms with E-state index in [0.717, 1.165) is 12.8 Å². The van der Waals surface area contributed by atoms with E-state index in [1.807, 2.05) is 6.92 Å². The van der Waals surface area contributed by atoms with Crippen LogP contribution in [0.4, 0.5) is 0 Å². The minimum absolute atomic E-state index is 0.0303. The first kappa shape index (κ1) is 16.9. The average molecular weight is 260 g/mol. The maximum atomic E-state index is 10.6. The molecule has 106 valence electrons. The summed E-state index contributed by atoms with van der Waals surface area (Å²) in [5, 5.41) is 5.38. The third kappa shape index (κ3) is 12.9. The van der Waals surface area contributed by atoms with E-state index in [4.69, 9.17) is 9.47 Å². The van der Waals surface area contributed by atoms with Gasteiger partial charge in [-0.15, -0.1) is 0 Å². The molecule has 0 aliphatic rings. The predicted molar refractivity (Wildman–Crippen MR) is 68.0 cm³/mol. The Bertz CT molecular complexity index is 222. The van der Waals surface area contributed by atoms with Gasteiger partial charge >= 0.3 is 0 Å². The molecule has 0 rings (SSSR count). The van der Waals surface area contributed by atoms with Crippen LogP contribution in [-0.2, 0) is 19.1 Å². The molecule has 6 heteroatoms. The Morgan fingerprint density at radius 2 is 1.33 bits per heavy atom. The molecule has 6 nitrogen and oxygen atoms in total. The van der Waals surface area contributed by atoms with Crippen molar-refractivity contribution in [2.75, 3.05) is 26.3 Å². The highest BCUT2D eigenvalue weighted by atomic mass is 16.7. The van der Waals surface area contributed by atoms with Crippen LogP contribution in [0.3, 0.4) is 0 Å². The molecule has 2 amide bonds. The van der Waals surface area contributed by atoms with Crippen molar-refractivity contribution < 1.29 is 19.1 Å². The molecule has 0 radical (unpaired) electrons. The molecule has 0 saturated carbocycles. The Labute approximate surface area is 108 Å². The minimum atomic E-state index is -0.264. The number of amides is 2. The number of hydrogen-bond acceptors (Lipinski definition) is 4. The zero-order chi connectivity index (χ0) is 13.8. The third-order valence-electron chi connectivity index (χ3n) is 2.10. The van der Waals surface area contributed by atoms with E-state index in [1.165, 1.54) is 13.8 Å². The van der Waals surface area contributed by atoms with Gasteiger partial charge in [0.15, 0.2) is 6.29 Å². The summed E-state index contributed by atoms with van der Waals surface area (Å²) >= 11 is 0. The molecule has 0 saturated heterocycles. The molecule has 0 aliphatic carbocycles. The average Bonchev–Trinajstić information content (AvgIpc) is 2.27. The molecule has 0 unspecified atom stereocenters.